The molecule has 1 saturated heterocycles. The van der Waals surface area contributed by atoms with Crippen LogP contribution in [0.4, 0.5) is 10.5 Å². The highest BCUT2D eigenvalue weighted by Gasteiger charge is 2.25. The Balaban J connectivity index is 2.05. The van der Waals surface area contributed by atoms with E-state index in [2.05, 4.69) is 10.6 Å². The van der Waals surface area contributed by atoms with Gasteiger partial charge in [-0.3, -0.25) is 10.1 Å². The highest BCUT2D eigenvalue weighted by atomic mass is 35.5. The average molecular weight is 311 g/mol. The minimum absolute atomic E-state index is 0.0343. The fourth-order valence-corrected chi connectivity index (χ4v) is 2.52. The van der Waals surface area contributed by atoms with Gasteiger partial charge in [-0.05, 0) is 38.5 Å². The predicted molar refractivity (Wildman–Crippen MR) is 81.7 cm³/mol. The number of amides is 2. The van der Waals surface area contributed by atoms with Gasteiger partial charge < -0.3 is 10.1 Å². The Morgan fingerprint density at radius 1 is 1.43 bits per heavy atom. The van der Waals surface area contributed by atoms with E-state index in [9.17, 15) is 9.59 Å². The number of hydrogen-bond donors (Lipinski definition) is 2. The standard InChI is InChI=1S/C15H19ClN2O3/c1-15(2,3)21-14(20)18-10-4-5-11(12(16)7-10)9-6-13(19)17-8-9/h4-5,7,9H,6,8H2,1-3H3,(H,17,19)(H,18,20). The zero-order chi connectivity index (χ0) is 15.6. The zero-order valence-corrected chi connectivity index (χ0v) is 13.1. The molecule has 0 bridgehead atoms. The molecule has 114 valence electrons. The Labute approximate surface area is 129 Å². The summed E-state index contributed by atoms with van der Waals surface area (Å²) in [7, 11) is 0. The Hall–Kier alpha value is -1.75. The molecule has 5 nitrogen and oxygen atoms in total. The third kappa shape index (κ3) is 4.36. The van der Waals surface area contributed by atoms with E-state index in [1.807, 2.05) is 6.07 Å². The number of nitrogens with one attached hydrogen (secondary N) is 2. The van der Waals surface area contributed by atoms with E-state index in [1.54, 1.807) is 32.9 Å². The fraction of sp³-hybridized carbons (Fsp3) is 0.467. The van der Waals surface area contributed by atoms with Crippen molar-refractivity contribution >= 4 is 29.3 Å². The number of halogens is 1. The molecule has 0 radical (unpaired) electrons. The minimum Gasteiger partial charge on any atom is -0.444 e. The van der Waals surface area contributed by atoms with Gasteiger partial charge in [-0.25, -0.2) is 4.79 Å². The molecule has 1 aromatic rings. The summed E-state index contributed by atoms with van der Waals surface area (Å²) < 4.78 is 5.18. The summed E-state index contributed by atoms with van der Waals surface area (Å²) in [5.41, 5.74) is 0.920. The second-order valence-corrected chi connectivity index (χ2v) is 6.48. The molecule has 0 spiro atoms. The second kappa shape index (κ2) is 5.93. The molecule has 1 unspecified atom stereocenters. The first kappa shape index (κ1) is 15.6. The summed E-state index contributed by atoms with van der Waals surface area (Å²) in [4.78, 5) is 22.9. The normalized spacial score (nSPS) is 18.3. The molecule has 2 amide bonds. The van der Waals surface area contributed by atoms with Crippen molar-refractivity contribution in [3.8, 4) is 0 Å². The van der Waals surface area contributed by atoms with Crippen LogP contribution < -0.4 is 10.6 Å². The van der Waals surface area contributed by atoms with Gasteiger partial charge in [0.05, 0.1) is 0 Å². The van der Waals surface area contributed by atoms with Crippen LogP contribution >= 0.6 is 11.6 Å². The molecule has 0 aliphatic carbocycles. The van der Waals surface area contributed by atoms with Crippen molar-refractivity contribution in [3.63, 3.8) is 0 Å². The lowest BCUT2D eigenvalue weighted by molar-refractivity contribution is -0.119. The Kier molecular flexibility index (Phi) is 4.42. The predicted octanol–water partition coefficient (Wildman–Crippen LogP) is 3.29. The van der Waals surface area contributed by atoms with Crippen molar-refractivity contribution in [2.24, 2.45) is 0 Å². The maximum absolute atomic E-state index is 11.7. The van der Waals surface area contributed by atoms with Crippen LogP contribution in [0.2, 0.25) is 5.02 Å². The summed E-state index contributed by atoms with van der Waals surface area (Å²) in [6, 6.07) is 5.26. The fourth-order valence-electron chi connectivity index (χ4n) is 2.18. The van der Waals surface area contributed by atoms with Gasteiger partial charge in [0.15, 0.2) is 0 Å². The number of rotatable bonds is 2. The number of carbonyl (C=O) groups is 2. The third-order valence-electron chi connectivity index (χ3n) is 3.06. The average Bonchev–Trinajstić information content (AvgIpc) is 2.73. The maximum Gasteiger partial charge on any atom is 0.412 e. The largest absolute Gasteiger partial charge is 0.444 e. The van der Waals surface area contributed by atoms with Gasteiger partial charge >= 0.3 is 6.09 Å². The minimum atomic E-state index is -0.552. The van der Waals surface area contributed by atoms with Gasteiger partial charge in [0, 0.05) is 29.6 Å². The van der Waals surface area contributed by atoms with Crippen molar-refractivity contribution in [2.45, 2.75) is 38.7 Å². The van der Waals surface area contributed by atoms with E-state index in [0.717, 1.165) is 5.56 Å². The Morgan fingerprint density at radius 2 is 2.14 bits per heavy atom. The lowest BCUT2D eigenvalue weighted by atomic mass is 9.98. The van der Waals surface area contributed by atoms with Crippen LogP contribution in [0.25, 0.3) is 0 Å². The highest BCUT2D eigenvalue weighted by Crippen LogP contribution is 2.31. The SMILES string of the molecule is CC(C)(C)OC(=O)Nc1ccc(C2CNC(=O)C2)c(Cl)c1. The van der Waals surface area contributed by atoms with E-state index < -0.39 is 11.7 Å². The first-order valence-corrected chi connectivity index (χ1v) is 7.18. The number of hydrogen-bond acceptors (Lipinski definition) is 3. The number of ether oxygens (including phenoxy) is 1. The number of benzene rings is 1. The molecule has 1 aromatic carbocycles. The molecule has 0 saturated carbocycles. The molecule has 6 heteroatoms. The quantitative estimate of drug-likeness (QED) is 0.880. The van der Waals surface area contributed by atoms with Crippen LogP contribution in [0.5, 0.6) is 0 Å². The van der Waals surface area contributed by atoms with Crippen molar-refractivity contribution in [3.05, 3.63) is 28.8 Å². The van der Waals surface area contributed by atoms with E-state index in [-0.39, 0.29) is 11.8 Å². The van der Waals surface area contributed by atoms with Gasteiger partial charge in [0.25, 0.3) is 0 Å². The summed E-state index contributed by atoms with van der Waals surface area (Å²) in [5.74, 6) is 0.118. The van der Waals surface area contributed by atoms with Crippen molar-refractivity contribution in [1.82, 2.24) is 5.32 Å². The van der Waals surface area contributed by atoms with E-state index >= 15 is 0 Å². The lowest BCUT2D eigenvalue weighted by Gasteiger charge is -2.20. The molecule has 1 atom stereocenters. The van der Waals surface area contributed by atoms with E-state index in [1.165, 1.54) is 0 Å². The molecule has 1 aliphatic heterocycles. The van der Waals surface area contributed by atoms with E-state index in [4.69, 9.17) is 16.3 Å². The summed E-state index contributed by atoms with van der Waals surface area (Å²) in [5, 5.41) is 5.95. The molecule has 0 aromatic heterocycles. The highest BCUT2D eigenvalue weighted by molar-refractivity contribution is 6.31. The van der Waals surface area contributed by atoms with Crippen LogP contribution in [0, 0.1) is 0 Å². The summed E-state index contributed by atoms with van der Waals surface area (Å²) in [6.07, 6.45) is -0.0810. The molecular formula is C15H19ClN2O3. The van der Waals surface area contributed by atoms with Crippen LogP contribution in [0.1, 0.15) is 38.7 Å². The van der Waals surface area contributed by atoms with Gasteiger partial charge in [-0.2, -0.15) is 0 Å². The van der Waals surface area contributed by atoms with Crippen molar-refractivity contribution in [1.29, 1.82) is 0 Å². The van der Waals surface area contributed by atoms with Crippen molar-refractivity contribution in [2.75, 3.05) is 11.9 Å². The summed E-state index contributed by atoms with van der Waals surface area (Å²) in [6.45, 7) is 5.99. The maximum atomic E-state index is 11.7. The zero-order valence-electron chi connectivity index (χ0n) is 12.3. The van der Waals surface area contributed by atoms with Gasteiger partial charge in [-0.1, -0.05) is 17.7 Å². The third-order valence-corrected chi connectivity index (χ3v) is 3.39. The van der Waals surface area contributed by atoms with Crippen LogP contribution in [0.3, 0.4) is 0 Å². The topological polar surface area (TPSA) is 67.4 Å². The molecular weight excluding hydrogens is 292 g/mol. The first-order chi connectivity index (χ1) is 9.74. The molecule has 21 heavy (non-hydrogen) atoms. The molecule has 2 N–H and O–H groups in total. The second-order valence-electron chi connectivity index (χ2n) is 6.07. The Bertz CT molecular complexity index is 567. The van der Waals surface area contributed by atoms with Crippen LogP contribution in [0.15, 0.2) is 18.2 Å². The van der Waals surface area contributed by atoms with Crippen LogP contribution in [-0.2, 0) is 9.53 Å². The molecule has 1 fully saturated rings. The van der Waals surface area contributed by atoms with Gasteiger partial charge in [-0.15, -0.1) is 0 Å². The number of anilines is 1. The van der Waals surface area contributed by atoms with E-state index in [0.29, 0.717) is 23.7 Å². The number of carbonyl (C=O) groups excluding carboxylic acids is 2. The lowest BCUT2D eigenvalue weighted by Crippen LogP contribution is -2.27. The molecule has 1 heterocycles. The monoisotopic (exact) mass is 310 g/mol. The Morgan fingerprint density at radius 3 is 2.67 bits per heavy atom. The van der Waals surface area contributed by atoms with Gasteiger partial charge in [0.1, 0.15) is 5.60 Å². The molecule has 2 rings (SSSR count). The van der Waals surface area contributed by atoms with Crippen LogP contribution in [-0.4, -0.2) is 24.1 Å². The van der Waals surface area contributed by atoms with Crippen molar-refractivity contribution < 1.29 is 14.3 Å². The summed E-state index contributed by atoms with van der Waals surface area (Å²) >= 11 is 6.24. The van der Waals surface area contributed by atoms with Gasteiger partial charge in [0.2, 0.25) is 5.91 Å². The first-order valence-electron chi connectivity index (χ1n) is 6.81. The smallest absolute Gasteiger partial charge is 0.412 e. The molecule has 1 aliphatic rings.